The van der Waals surface area contributed by atoms with Crippen LogP contribution in [0.2, 0.25) is 0 Å². The van der Waals surface area contributed by atoms with Gasteiger partial charge in [0.2, 0.25) is 0 Å². The van der Waals surface area contributed by atoms with Gasteiger partial charge in [-0.25, -0.2) is 0 Å². The van der Waals surface area contributed by atoms with Gasteiger partial charge >= 0.3 is 0 Å². The number of aldehydes is 2. The van der Waals surface area contributed by atoms with Crippen molar-refractivity contribution in [1.82, 2.24) is 39.9 Å². The molecule has 8 heterocycles. The Labute approximate surface area is 674 Å². The van der Waals surface area contributed by atoms with Gasteiger partial charge in [-0.1, -0.05) is 343 Å². The summed E-state index contributed by atoms with van der Waals surface area (Å²) in [4.78, 5) is 48.3. The SMILES string of the molecule is C/C=C/C.C=CCC.CC.CC.CC.CC.CC.CC.CC.CC.CC.CC.CC.CC.CC.CC.CC.CC.CC.CC=O.CCC=O.CCCC.CCO.CCO.c1ccncc1.c1ccncc1.c1ccncc1.c1ccncc1.c1ccncc1.c1ccncc1.c1ccncc1.c1ccncc1. The van der Waals surface area contributed by atoms with E-state index in [1.54, 1.807) is 113 Å². The lowest BCUT2D eigenvalue weighted by Crippen LogP contribution is -1.58. The van der Waals surface area contributed by atoms with Crippen molar-refractivity contribution in [3.05, 3.63) is 270 Å². The predicted octanol–water partition coefficient (Wildman–Crippen LogP) is 31.9. The lowest BCUT2D eigenvalue weighted by atomic mass is 10.4. The smallest absolute Gasteiger partial charge is 0.119 e. The van der Waals surface area contributed by atoms with Gasteiger partial charge in [0.1, 0.15) is 12.6 Å². The van der Waals surface area contributed by atoms with Crippen LogP contribution in [0.1, 0.15) is 323 Å². The molecule has 0 aliphatic rings. The Kier molecular flexibility index (Phi) is 560. The molecule has 0 aliphatic carbocycles. The molecule has 8 aromatic heterocycles. The van der Waals surface area contributed by atoms with Gasteiger partial charge < -0.3 is 19.8 Å². The molecule has 107 heavy (non-hydrogen) atoms. The number of nitrogens with zero attached hydrogens (tertiary/aromatic N) is 8. The van der Waals surface area contributed by atoms with Crippen LogP contribution in [0.15, 0.2) is 270 Å². The molecule has 12 heteroatoms. The summed E-state index contributed by atoms with van der Waals surface area (Å²) < 4.78 is 0. The Morgan fingerprint density at radius 3 is 0.308 bits per heavy atom. The molecule has 0 fully saturated rings. The van der Waals surface area contributed by atoms with Gasteiger partial charge in [-0.15, -0.1) is 6.58 Å². The molecule has 12 nitrogen and oxygen atoms in total. The molecule has 0 amide bonds. The standard InChI is InChI=1S/8C5H5N.C4H10.2C4H8.C3H6O.2C2H6O.C2H4O.17C2H6/c8*1-2-4-6-5-3-1;3*1-3-4-2;1-2-3-4;3*1-2-3;17*1-2/h8*1-5H;3-4H2,1-2H3;3-4H,1-2H3;3H,1,4H2,2H3;3H,2H2,1H3;2*3H,2H2,1H3;2H,1H3;17*1-2H3/b;;;;;;;;;4-3+;;;;;;;;;;;;;;;;;;;;;;. The number of hydrogen-bond donors (Lipinski definition) is 2. The molecule has 0 aromatic carbocycles. The molecule has 0 atom stereocenters. The van der Waals surface area contributed by atoms with Crippen molar-refractivity contribution >= 4 is 12.6 Å². The van der Waals surface area contributed by atoms with Crippen LogP contribution in [0.4, 0.5) is 0 Å². The second-order valence-corrected chi connectivity index (χ2v) is 12.0. The van der Waals surface area contributed by atoms with Crippen molar-refractivity contribution in [2.75, 3.05) is 13.2 Å². The lowest BCUT2D eigenvalue weighted by Gasteiger charge is -1.70. The molecule has 0 aliphatic heterocycles. The summed E-state index contributed by atoms with van der Waals surface area (Å²) in [7, 11) is 0. The fraction of sp³-hybridized carbons (Fsp3) is 0.516. The normalized spacial score (nSPS) is 6.10. The molecule has 0 spiro atoms. The van der Waals surface area contributed by atoms with E-state index in [0.29, 0.717) is 6.42 Å². The third kappa shape index (κ3) is 467. The van der Waals surface area contributed by atoms with Crippen molar-refractivity contribution in [1.29, 1.82) is 0 Å². The summed E-state index contributed by atoms with van der Waals surface area (Å²) in [6.07, 6.45) is 39.9. The van der Waals surface area contributed by atoms with E-state index in [2.05, 4.69) is 67.2 Å². The second-order valence-electron chi connectivity index (χ2n) is 12.0. The zero-order chi connectivity index (χ0) is 89.7. The molecule has 2 N–H and O–H groups in total. The van der Waals surface area contributed by atoms with E-state index in [9.17, 15) is 4.79 Å². The fourth-order valence-electron chi connectivity index (χ4n) is 2.50. The van der Waals surface area contributed by atoms with Gasteiger partial charge in [0.15, 0.2) is 0 Å². The molecular weight excluding hydrogens is 1320 g/mol. The van der Waals surface area contributed by atoms with Crippen LogP contribution in [0.25, 0.3) is 0 Å². The van der Waals surface area contributed by atoms with E-state index in [1.807, 2.05) is 420 Å². The minimum atomic E-state index is 0.250. The minimum absolute atomic E-state index is 0.250. The van der Waals surface area contributed by atoms with Gasteiger partial charge in [0.25, 0.3) is 0 Å². The highest BCUT2D eigenvalue weighted by Gasteiger charge is 1.63. The van der Waals surface area contributed by atoms with Crippen molar-refractivity contribution in [3.8, 4) is 0 Å². The van der Waals surface area contributed by atoms with E-state index >= 15 is 0 Å². The van der Waals surface area contributed by atoms with Crippen LogP contribution in [0.5, 0.6) is 0 Å². The van der Waals surface area contributed by atoms with E-state index < -0.39 is 0 Å². The predicted molar refractivity (Wildman–Crippen MR) is 502 cm³/mol. The molecule has 634 valence electrons. The zero-order valence-corrected chi connectivity index (χ0v) is 79.2. The van der Waals surface area contributed by atoms with Gasteiger partial charge in [-0.05, 0) is 138 Å². The summed E-state index contributed by atoms with van der Waals surface area (Å²) in [6.45, 7) is 89.0. The Morgan fingerprint density at radius 1 is 0.224 bits per heavy atom. The number of hydrogen-bond acceptors (Lipinski definition) is 12. The maximum Gasteiger partial charge on any atom is 0.119 e. The Balaban J connectivity index is -0.0000000306. The third-order valence-corrected chi connectivity index (χ3v) is 5.82. The van der Waals surface area contributed by atoms with Gasteiger partial charge in [-0.2, -0.15) is 0 Å². The molecule has 8 rings (SSSR count). The van der Waals surface area contributed by atoms with Crippen molar-refractivity contribution < 1.29 is 19.8 Å². The Morgan fingerprint density at radius 2 is 0.299 bits per heavy atom. The molecule has 0 bridgehead atoms. The van der Waals surface area contributed by atoms with Gasteiger partial charge in [0, 0.05) is 119 Å². The van der Waals surface area contributed by atoms with Crippen LogP contribution in [-0.2, 0) is 9.59 Å². The fourth-order valence-corrected chi connectivity index (χ4v) is 2.50. The quantitative estimate of drug-likeness (QED) is 0.127. The average Bonchev–Trinajstić information content (AvgIpc) is 4.00. The summed E-state index contributed by atoms with van der Waals surface area (Å²) in [6, 6.07) is 45.7. The molecule has 0 radical (unpaired) electrons. The molecule has 0 saturated heterocycles. The lowest BCUT2D eigenvalue weighted by molar-refractivity contribution is -0.107. The number of aliphatic hydroxyl groups excluding tert-OH is 2. The first-order valence-corrected chi connectivity index (χ1v) is 40.9. The Bertz CT molecular complexity index is 1330. The number of carbonyl (C=O) groups excluding carboxylic acids is 2. The number of aromatic nitrogens is 8. The number of pyridine rings is 8. The molecular formula is C95H190N8O4. The summed E-state index contributed by atoms with van der Waals surface area (Å²) in [5, 5.41) is 15.1. The van der Waals surface area contributed by atoms with Crippen LogP contribution < -0.4 is 0 Å². The van der Waals surface area contributed by atoms with Gasteiger partial charge in [0.05, 0.1) is 0 Å². The van der Waals surface area contributed by atoms with Crippen LogP contribution in [0.3, 0.4) is 0 Å². The first kappa shape index (κ1) is 169. The molecule has 8 aromatic rings. The van der Waals surface area contributed by atoms with E-state index in [-0.39, 0.29) is 13.2 Å². The third-order valence-electron chi connectivity index (χ3n) is 5.82. The summed E-state index contributed by atoms with van der Waals surface area (Å²) in [5.74, 6) is 0. The van der Waals surface area contributed by atoms with Crippen molar-refractivity contribution in [3.63, 3.8) is 0 Å². The molecule has 0 unspecified atom stereocenters. The highest BCUT2D eigenvalue weighted by atomic mass is 16.3. The largest absolute Gasteiger partial charge is 0.397 e. The maximum atomic E-state index is 9.17. The monoisotopic (exact) mass is 1510 g/mol. The minimum Gasteiger partial charge on any atom is -0.397 e. The summed E-state index contributed by atoms with van der Waals surface area (Å²) in [5.41, 5.74) is 0. The summed E-state index contributed by atoms with van der Waals surface area (Å²) >= 11 is 0. The van der Waals surface area contributed by atoms with Crippen LogP contribution in [0, 0.1) is 0 Å². The number of unbranched alkanes of at least 4 members (excludes halogenated alkanes) is 1. The number of aliphatic hydroxyl groups is 2. The first-order chi connectivity index (χ1) is 52.9. The highest BCUT2D eigenvalue weighted by Crippen LogP contribution is 1.79. The van der Waals surface area contributed by atoms with Crippen molar-refractivity contribution in [2.45, 2.75) is 323 Å². The topological polar surface area (TPSA) is 178 Å². The number of allylic oxidation sites excluding steroid dienone is 3. The molecule has 0 saturated carbocycles. The van der Waals surface area contributed by atoms with E-state index in [4.69, 9.17) is 15.0 Å². The van der Waals surface area contributed by atoms with Gasteiger partial charge in [-0.3, -0.25) is 39.9 Å². The zero-order valence-electron chi connectivity index (χ0n) is 79.2. The number of carbonyl (C=O) groups is 2. The van der Waals surface area contributed by atoms with Crippen LogP contribution >= 0.6 is 0 Å². The van der Waals surface area contributed by atoms with Crippen LogP contribution in [-0.4, -0.2) is 75.9 Å². The first-order valence-electron chi connectivity index (χ1n) is 40.9. The maximum absolute atomic E-state index is 9.17. The average molecular weight is 1510 g/mol. The second kappa shape index (κ2) is 355. The van der Waals surface area contributed by atoms with E-state index in [1.165, 1.54) is 19.8 Å². The number of rotatable bonds is 3. The highest BCUT2D eigenvalue weighted by molar-refractivity contribution is 5.48. The Hall–Kier alpha value is -8.06. The van der Waals surface area contributed by atoms with E-state index in [0.717, 1.165) is 19.0 Å². The van der Waals surface area contributed by atoms with Crippen molar-refractivity contribution in [2.24, 2.45) is 0 Å².